The Bertz CT molecular complexity index is 272. The molecular formula is C12H18O3. The van der Waals surface area contributed by atoms with Crippen LogP contribution in [0.15, 0.2) is 0 Å². The number of hydrogen-bond donors (Lipinski definition) is 0. The average Bonchev–Trinajstić information content (AvgIpc) is 2.28. The van der Waals surface area contributed by atoms with E-state index in [0.29, 0.717) is 11.7 Å². The van der Waals surface area contributed by atoms with Crippen molar-refractivity contribution >= 4 is 11.8 Å². The molecule has 0 aromatic rings. The summed E-state index contributed by atoms with van der Waals surface area (Å²) in [4.78, 5) is 23.1. The highest BCUT2D eigenvalue weighted by molar-refractivity contribution is 5.83. The van der Waals surface area contributed by atoms with E-state index in [-0.39, 0.29) is 17.8 Å². The first-order valence-corrected chi connectivity index (χ1v) is 5.83. The lowest BCUT2D eigenvalue weighted by Crippen LogP contribution is -2.36. The van der Waals surface area contributed by atoms with Gasteiger partial charge in [0.15, 0.2) is 0 Å². The fraction of sp³-hybridized carbons (Fsp3) is 0.833. The Kier molecular flexibility index (Phi) is 3.08. The van der Waals surface area contributed by atoms with Gasteiger partial charge in [-0.05, 0) is 38.0 Å². The molecule has 3 nitrogen and oxygen atoms in total. The van der Waals surface area contributed by atoms with E-state index in [9.17, 15) is 9.59 Å². The van der Waals surface area contributed by atoms with Gasteiger partial charge in [0, 0.05) is 12.3 Å². The lowest BCUT2D eigenvalue weighted by atomic mass is 9.67. The Labute approximate surface area is 90.2 Å². The Morgan fingerprint density at radius 1 is 1.33 bits per heavy atom. The third-order valence-electron chi connectivity index (χ3n) is 3.94. The van der Waals surface area contributed by atoms with Gasteiger partial charge in [-0.3, -0.25) is 9.59 Å². The van der Waals surface area contributed by atoms with Gasteiger partial charge in [-0.1, -0.05) is 0 Å². The van der Waals surface area contributed by atoms with Gasteiger partial charge in [0.25, 0.3) is 0 Å². The smallest absolute Gasteiger partial charge is 0.308 e. The summed E-state index contributed by atoms with van der Waals surface area (Å²) < 4.78 is 4.75. The summed E-state index contributed by atoms with van der Waals surface area (Å²) in [7, 11) is 1.43. The van der Waals surface area contributed by atoms with E-state index in [1.807, 2.05) is 0 Å². The van der Waals surface area contributed by atoms with Crippen molar-refractivity contribution in [3.63, 3.8) is 0 Å². The Morgan fingerprint density at radius 2 is 2.13 bits per heavy atom. The molecule has 2 rings (SSSR count). The molecule has 2 saturated carbocycles. The van der Waals surface area contributed by atoms with Crippen LogP contribution >= 0.6 is 0 Å². The Hall–Kier alpha value is -0.860. The number of rotatable bonds is 1. The van der Waals surface area contributed by atoms with Crippen molar-refractivity contribution in [2.45, 2.75) is 38.5 Å². The van der Waals surface area contributed by atoms with Gasteiger partial charge in [-0.25, -0.2) is 0 Å². The molecule has 0 heterocycles. The van der Waals surface area contributed by atoms with Crippen LogP contribution in [0.1, 0.15) is 38.5 Å². The standard InChI is InChI=1S/C12H18O3/c1-15-12(14)9-6-5-8-3-2-4-11(13)10(8)7-9/h8-10H,2-7H2,1H3/t8-,9-,10-/m1/s1. The van der Waals surface area contributed by atoms with Crippen molar-refractivity contribution in [2.75, 3.05) is 7.11 Å². The molecule has 15 heavy (non-hydrogen) atoms. The second kappa shape index (κ2) is 4.33. The number of Topliss-reactive ketones (excluding diaryl/α,β-unsaturated/α-hetero) is 1. The maximum absolute atomic E-state index is 11.7. The highest BCUT2D eigenvalue weighted by Crippen LogP contribution is 2.41. The number of ketones is 1. The third-order valence-corrected chi connectivity index (χ3v) is 3.94. The van der Waals surface area contributed by atoms with Crippen molar-refractivity contribution in [1.29, 1.82) is 0 Å². The molecule has 2 aliphatic carbocycles. The van der Waals surface area contributed by atoms with E-state index >= 15 is 0 Å². The summed E-state index contributed by atoms with van der Waals surface area (Å²) in [5, 5.41) is 0. The Morgan fingerprint density at radius 3 is 2.87 bits per heavy atom. The SMILES string of the molecule is COC(=O)[C@@H]1CC[C@H]2CCCC(=O)[C@@H]2C1. The fourth-order valence-corrected chi connectivity index (χ4v) is 3.08. The molecule has 0 aromatic heterocycles. The average molecular weight is 210 g/mol. The minimum atomic E-state index is -0.133. The molecule has 0 aliphatic heterocycles. The summed E-state index contributed by atoms with van der Waals surface area (Å²) in [5.41, 5.74) is 0. The molecule has 0 amide bonds. The molecule has 0 N–H and O–H groups in total. The summed E-state index contributed by atoms with van der Waals surface area (Å²) in [5.74, 6) is 0.911. The number of carbonyl (C=O) groups is 2. The zero-order valence-electron chi connectivity index (χ0n) is 9.20. The second-order valence-corrected chi connectivity index (χ2v) is 4.76. The first-order valence-electron chi connectivity index (χ1n) is 5.83. The van der Waals surface area contributed by atoms with Crippen LogP contribution in [0.4, 0.5) is 0 Å². The van der Waals surface area contributed by atoms with Gasteiger partial charge in [0.2, 0.25) is 0 Å². The van der Waals surface area contributed by atoms with Crippen LogP contribution < -0.4 is 0 Å². The topological polar surface area (TPSA) is 43.4 Å². The number of esters is 1. The summed E-state index contributed by atoms with van der Waals surface area (Å²) >= 11 is 0. The van der Waals surface area contributed by atoms with Crippen LogP contribution in [0.25, 0.3) is 0 Å². The zero-order chi connectivity index (χ0) is 10.8. The number of carbonyl (C=O) groups excluding carboxylic acids is 2. The van der Waals surface area contributed by atoms with Gasteiger partial charge in [0.1, 0.15) is 5.78 Å². The monoisotopic (exact) mass is 210 g/mol. The third kappa shape index (κ3) is 2.06. The van der Waals surface area contributed by atoms with Crippen molar-refractivity contribution < 1.29 is 14.3 Å². The zero-order valence-corrected chi connectivity index (χ0v) is 9.20. The van der Waals surface area contributed by atoms with Crippen molar-refractivity contribution in [3.8, 4) is 0 Å². The first-order chi connectivity index (χ1) is 7.22. The molecule has 3 atom stereocenters. The molecule has 0 radical (unpaired) electrons. The Balaban J connectivity index is 2.02. The second-order valence-electron chi connectivity index (χ2n) is 4.76. The van der Waals surface area contributed by atoms with Crippen molar-refractivity contribution in [3.05, 3.63) is 0 Å². The van der Waals surface area contributed by atoms with Crippen LogP contribution in [0.5, 0.6) is 0 Å². The van der Waals surface area contributed by atoms with Gasteiger partial charge >= 0.3 is 5.97 Å². The first kappa shape index (κ1) is 10.7. The highest BCUT2D eigenvalue weighted by Gasteiger charge is 2.39. The molecule has 2 aliphatic rings. The minimum absolute atomic E-state index is 0.0294. The molecule has 0 saturated heterocycles. The molecule has 0 bridgehead atoms. The van der Waals surface area contributed by atoms with E-state index in [2.05, 4.69) is 0 Å². The van der Waals surface area contributed by atoms with E-state index < -0.39 is 0 Å². The van der Waals surface area contributed by atoms with Crippen molar-refractivity contribution in [1.82, 2.24) is 0 Å². The molecule has 0 spiro atoms. The van der Waals surface area contributed by atoms with Gasteiger partial charge < -0.3 is 4.74 Å². The van der Waals surface area contributed by atoms with E-state index in [0.717, 1.165) is 32.1 Å². The largest absolute Gasteiger partial charge is 0.469 e. The predicted molar refractivity (Wildman–Crippen MR) is 55.2 cm³/mol. The van der Waals surface area contributed by atoms with Crippen LogP contribution in [0.2, 0.25) is 0 Å². The van der Waals surface area contributed by atoms with Crippen LogP contribution in [0.3, 0.4) is 0 Å². The van der Waals surface area contributed by atoms with Crippen LogP contribution in [0, 0.1) is 17.8 Å². The highest BCUT2D eigenvalue weighted by atomic mass is 16.5. The maximum atomic E-state index is 11.7. The number of fused-ring (bicyclic) bond motifs is 1. The molecular weight excluding hydrogens is 192 g/mol. The molecule has 3 heteroatoms. The number of ether oxygens (including phenoxy) is 1. The molecule has 0 aromatic carbocycles. The van der Waals surface area contributed by atoms with Crippen LogP contribution in [-0.2, 0) is 14.3 Å². The van der Waals surface area contributed by atoms with Gasteiger partial charge in [-0.15, -0.1) is 0 Å². The van der Waals surface area contributed by atoms with E-state index in [4.69, 9.17) is 4.74 Å². The minimum Gasteiger partial charge on any atom is -0.469 e. The summed E-state index contributed by atoms with van der Waals surface area (Å²) in [6.45, 7) is 0. The van der Waals surface area contributed by atoms with E-state index in [1.165, 1.54) is 13.5 Å². The van der Waals surface area contributed by atoms with Gasteiger partial charge in [0.05, 0.1) is 13.0 Å². The predicted octanol–water partition coefficient (Wildman–Crippen LogP) is 1.94. The number of methoxy groups -OCH3 is 1. The number of hydrogen-bond acceptors (Lipinski definition) is 3. The fourth-order valence-electron chi connectivity index (χ4n) is 3.08. The molecule has 0 unspecified atom stereocenters. The maximum Gasteiger partial charge on any atom is 0.308 e. The molecule has 2 fully saturated rings. The van der Waals surface area contributed by atoms with Crippen molar-refractivity contribution in [2.24, 2.45) is 17.8 Å². The quantitative estimate of drug-likeness (QED) is 0.621. The van der Waals surface area contributed by atoms with E-state index in [1.54, 1.807) is 0 Å². The normalized spacial score (nSPS) is 35.8. The van der Waals surface area contributed by atoms with Gasteiger partial charge in [-0.2, -0.15) is 0 Å². The van der Waals surface area contributed by atoms with Crippen LogP contribution in [-0.4, -0.2) is 18.9 Å². The lowest BCUT2D eigenvalue weighted by molar-refractivity contribution is -0.148. The summed E-state index contributed by atoms with van der Waals surface area (Å²) in [6.07, 6.45) is 5.59. The lowest BCUT2D eigenvalue weighted by Gasteiger charge is -2.37. The summed E-state index contributed by atoms with van der Waals surface area (Å²) in [6, 6.07) is 0. The molecule has 84 valence electrons.